The molecule has 8 rings (SSSR count). The van der Waals surface area contributed by atoms with Gasteiger partial charge in [-0.25, -0.2) is 15.0 Å². The lowest BCUT2D eigenvalue weighted by Gasteiger charge is -2.29. The van der Waals surface area contributed by atoms with Crippen LogP contribution in [0.15, 0.2) is 84.3 Å². The lowest BCUT2D eigenvalue weighted by Crippen LogP contribution is -2.48. The van der Waals surface area contributed by atoms with E-state index in [-0.39, 0.29) is 81.1 Å². The summed E-state index contributed by atoms with van der Waals surface area (Å²) in [6.45, 7) is 12.5. The summed E-state index contributed by atoms with van der Waals surface area (Å²) < 4.78 is 6.40. The molecule has 6 aromatic rings. The summed E-state index contributed by atoms with van der Waals surface area (Å²) >= 11 is 3.16. The first kappa shape index (κ1) is 48.3. The molecule has 2 fully saturated rings. The fourth-order valence-electron chi connectivity index (χ4n) is 9.20. The van der Waals surface area contributed by atoms with Gasteiger partial charge in [0, 0.05) is 69.5 Å². The number of thiazole rings is 2. The average Bonchev–Trinajstić information content (AvgIpc) is 4.20. The number of amides is 4. The van der Waals surface area contributed by atoms with E-state index in [0.29, 0.717) is 17.2 Å². The van der Waals surface area contributed by atoms with Crippen LogP contribution in [0.3, 0.4) is 0 Å². The number of β-amino-alcohol motifs (C(OH)–C–C–N with tert-alkyl or cyclic N) is 1. The van der Waals surface area contributed by atoms with E-state index in [2.05, 4.69) is 40.5 Å². The Morgan fingerprint density at radius 1 is 0.721 bits per heavy atom. The van der Waals surface area contributed by atoms with Crippen LogP contribution < -0.4 is 10.6 Å². The Morgan fingerprint density at radius 2 is 1.26 bits per heavy atom. The van der Waals surface area contributed by atoms with E-state index in [0.717, 1.165) is 43.4 Å². The molecular formula is C50H58N10O6S2. The summed E-state index contributed by atoms with van der Waals surface area (Å²) in [5.74, 6) is -2.30. The molecular weight excluding hydrogens is 901 g/mol. The number of carbonyl (C=O) groups is 4. The number of aryl methyl sites for hydroxylation is 2. The zero-order valence-corrected chi connectivity index (χ0v) is 40.7. The van der Waals surface area contributed by atoms with Crippen LogP contribution in [0, 0.1) is 25.7 Å². The normalized spacial score (nSPS) is 19.1. The number of hydrogen-bond donors (Lipinski definition) is 4. The minimum Gasteiger partial charge on any atom is -0.391 e. The summed E-state index contributed by atoms with van der Waals surface area (Å²) in [7, 11) is 0. The zero-order chi connectivity index (χ0) is 48.1. The molecule has 0 radical (unpaired) electrons. The van der Waals surface area contributed by atoms with Gasteiger partial charge in [-0.1, -0.05) is 76.2 Å². The van der Waals surface area contributed by atoms with E-state index in [1.165, 1.54) is 4.90 Å². The number of likely N-dealkylation sites (tertiary alicyclic amines) is 2. The first-order valence-corrected chi connectivity index (χ1v) is 24.8. The van der Waals surface area contributed by atoms with Crippen molar-refractivity contribution < 1.29 is 29.0 Å². The van der Waals surface area contributed by atoms with E-state index in [9.17, 15) is 24.3 Å². The highest BCUT2D eigenvalue weighted by atomic mass is 32.1. The summed E-state index contributed by atoms with van der Waals surface area (Å²) in [5.41, 5.74) is 10.6. The van der Waals surface area contributed by atoms with E-state index >= 15 is 0 Å². The van der Waals surface area contributed by atoms with E-state index in [1.807, 2.05) is 101 Å². The molecule has 16 nitrogen and oxygen atoms in total. The predicted octanol–water partition coefficient (Wildman–Crippen LogP) is 6.32. The smallest absolute Gasteiger partial charge is 0.243 e. The van der Waals surface area contributed by atoms with E-state index in [4.69, 9.17) is 4.74 Å². The van der Waals surface area contributed by atoms with Crippen molar-refractivity contribution in [2.24, 2.45) is 11.8 Å². The Bertz CT molecular complexity index is 2690. The maximum Gasteiger partial charge on any atom is 0.243 e. The van der Waals surface area contributed by atoms with Crippen LogP contribution in [0.2, 0.25) is 0 Å². The molecule has 2 aromatic carbocycles. The minimum atomic E-state index is -0.846. The number of nitrogens with one attached hydrogen (secondary N) is 3. The van der Waals surface area contributed by atoms with Gasteiger partial charge in [0.2, 0.25) is 23.6 Å². The fourth-order valence-corrected chi connectivity index (χ4v) is 10.8. The lowest BCUT2D eigenvalue weighted by molar-refractivity contribution is -0.140. The Kier molecular flexibility index (Phi) is 15.2. The number of aromatic nitrogens is 6. The molecule has 18 heteroatoms. The highest BCUT2D eigenvalue weighted by Gasteiger charge is 2.45. The molecule has 0 aliphatic carbocycles. The maximum absolute atomic E-state index is 14.5. The van der Waals surface area contributed by atoms with Crippen molar-refractivity contribution >= 4 is 46.3 Å². The van der Waals surface area contributed by atoms with Crippen LogP contribution in [-0.4, -0.2) is 106 Å². The van der Waals surface area contributed by atoms with Crippen molar-refractivity contribution in [3.05, 3.63) is 124 Å². The number of ether oxygens (including phenoxy) is 1. The average molecular weight is 959 g/mol. The van der Waals surface area contributed by atoms with Gasteiger partial charge >= 0.3 is 0 Å². The van der Waals surface area contributed by atoms with Gasteiger partial charge < -0.3 is 35.3 Å². The summed E-state index contributed by atoms with van der Waals surface area (Å²) in [6.07, 6.45) is 5.36. The summed E-state index contributed by atoms with van der Waals surface area (Å²) in [4.78, 5) is 87.0. The number of nitrogens with zero attached hydrogens (tertiary/aromatic N) is 7. The van der Waals surface area contributed by atoms with E-state index in [1.54, 1.807) is 52.4 Å². The molecule has 0 unspecified atom stereocenters. The first-order valence-electron chi connectivity index (χ1n) is 23.0. The number of rotatable bonds is 17. The van der Waals surface area contributed by atoms with Crippen LogP contribution in [0.25, 0.3) is 20.9 Å². The maximum atomic E-state index is 14.5. The van der Waals surface area contributed by atoms with Gasteiger partial charge in [0.05, 0.1) is 61.9 Å². The Labute approximate surface area is 404 Å². The molecule has 0 bridgehead atoms. The first-order chi connectivity index (χ1) is 32.7. The second-order valence-electron chi connectivity index (χ2n) is 18.3. The number of hydrogen-bond acceptors (Lipinski definition) is 13. The largest absolute Gasteiger partial charge is 0.391 e. The van der Waals surface area contributed by atoms with Crippen LogP contribution in [-0.2, 0) is 43.6 Å². The number of aliphatic hydroxyl groups is 1. The van der Waals surface area contributed by atoms with E-state index < -0.39 is 36.1 Å². The number of aliphatic hydroxyl groups excluding tert-OH is 1. The van der Waals surface area contributed by atoms with Crippen LogP contribution in [0.5, 0.6) is 0 Å². The molecule has 4 aromatic heterocycles. The number of carbonyl (C=O) groups excluding carboxylic acids is 4. The molecule has 4 N–H and O–H groups in total. The van der Waals surface area contributed by atoms with Gasteiger partial charge in [-0.2, -0.15) is 0 Å². The van der Waals surface area contributed by atoms with Gasteiger partial charge in [0.25, 0.3) is 0 Å². The van der Waals surface area contributed by atoms with Crippen molar-refractivity contribution in [1.82, 2.24) is 50.3 Å². The van der Waals surface area contributed by atoms with Crippen molar-refractivity contribution in [3.8, 4) is 20.9 Å². The number of benzene rings is 2. The quantitative estimate of drug-likeness (QED) is 0.0795. The van der Waals surface area contributed by atoms with Crippen LogP contribution in [0.1, 0.15) is 92.1 Å². The second kappa shape index (κ2) is 21.4. The predicted molar refractivity (Wildman–Crippen MR) is 259 cm³/mol. The van der Waals surface area contributed by atoms with Crippen molar-refractivity contribution in [1.29, 1.82) is 0 Å². The number of aromatic amines is 1. The van der Waals surface area contributed by atoms with Crippen molar-refractivity contribution in [3.63, 3.8) is 0 Å². The molecule has 2 aliphatic heterocycles. The zero-order valence-electron chi connectivity index (χ0n) is 39.1. The summed E-state index contributed by atoms with van der Waals surface area (Å²) in [5, 5.41) is 16.8. The second-order valence-corrected chi connectivity index (χ2v) is 20.0. The van der Waals surface area contributed by atoms with Crippen LogP contribution in [0.4, 0.5) is 0 Å². The number of H-pyrrole nitrogens is 1. The molecule has 6 atom stereocenters. The summed E-state index contributed by atoms with van der Waals surface area (Å²) in [6, 6.07) is 14.3. The Morgan fingerprint density at radius 3 is 1.78 bits per heavy atom. The molecule has 356 valence electrons. The SMILES string of the molecule is Cc1ncsc1-c1ccc(CNC(=O)[C@@H]2C[C@@H](OCc3ncc([C@H](C(=O)N4C[C@H](O)C[C@H]4C(=O)NCc4ccc(-c5scnc5C)cc4)C(C)C)[nH]3)CN2C(=O)[C@@H](c2cnccn2)C(C)C)cc1. The molecule has 2 aliphatic rings. The number of imidazole rings is 1. The fraction of sp³-hybridized carbons (Fsp3) is 0.420. The third-order valence-corrected chi connectivity index (χ3v) is 14.7. The van der Waals surface area contributed by atoms with Gasteiger partial charge in [-0.05, 0) is 47.9 Å². The van der Waals surface area contributed by atoms with Gasteiger partial charge in [0.1, 0.15) is 24.5 Å². The van der Waals surface area contributed by atoms with Gasteiger partial charge in [-0.3, -0.25) is 29.1 Å². The van der Waals surface area contributed by atoms with Crippen molar-refractivity contribution in [2.45, 2.75) is 110 Å². The molecule has 2 saturated heterocycles. The Hall–Kier alpha value is -6.21. The third kappa shape index (κ3) is 10.9. The van der Waals surface area contributed by atoms with Crippen LogP contribution >= 0.6 is 22.7 Å². The molecule has 4 amide bonds. The topological polar surface area (TPSA) is 209 Å². The molecule has 0 spiro atoms. The molecule has 0 saturated carbocycles. The molecule has 6 heterocycles. The monoisotopic (exact) mass is 958 g/mol. The molecule has 68 heavy (non-hydrogen) atoms. The van der Waals surface area contributed by atoms with Gasteiger partial charge in [0.15, 0.2) is 0 Å². The van der Waals surface area contributed by atoms with Crippen molar-refractivity contribution in [2.75, 3.05) is 13.1 Å². The Balaban J connectivity index is 0.916. The lowest BCUT2D eigenvalue weighted by atomic mass is 9.91. The highest BCUT2D eigenvalue weighted by Crippen LogP contribution is 2.34. The third-order valence-electron chi connectivity index (χ3n) is 12.8. The standard InChI is InChI=1S/C50H58N10O6S2/c1-28(2)43(38-21-51-15-16-52-38)49(64)60-24-37(18-41(60)48(63)55-20-33-9-13-35(14-10-33)46-31(6)57-27-68-46)66-25-42-53-22-39(58-42)44(29(3)4)50(65)59-23-36(61)17-40(59)47(62)54-19-32-7-11-34(12-8-32)45-30(5)56-26-67-45/h7-16,21-22,26-29,36-37,40-41,43-44,61H,17-20,23-25H2,1-6H3,(H,53,58)(H,54,62)(H,55,63)/t36-,37-,40+,41+,43-,44-/m1/s1. The van der Waals surface area contributed by atoms with Gasteiger partial charge in [-0.15, -0.1) is 22.7 Å². The highest BCUT2D eigenvalue weighted by molar-refractivity contribution is 7.13. The minimum absolute atomic E-state index is 0.0294.